The van der Waals surface area contributed by atoms with Crippen LogP contribution in [0.3, 0.4) is 0 Å². The van der Waals surface area contributed by atoms with Crippen LogP contribution in [0.5, 0.6) is 0 Å². The molecule has 6 nitrogen and oxygen atoms in total. The van der Waals surface area contributed by atoms with E-state index in [0.717, 1.165) is 32.1 Å². The van der Waals surface area contributed by atoms with Crippen molar-refractivity contribution in [2.75, 3.05) is 6.61 Å². The van der Waals surface area contributed by atoms with Crippen molar-refractivity contribution in [1.29, 1.82) is 5.26 Å². The second-order valence-electron chi connectivity index (χ2n) is 5.48. The number of ether oxygens (including phenoxy) is 1. The highest BCUT2D eigenvalue weighted by atomic mass is 16.5. The molecule has 0 spiro atoms. The molecule has 6 heteroatoms. The maximum Gasteiger partial charge on any atom is 0.331 e. The third-order valence-corrected chi connectivity index (χ3v) is 3.92. The second-order valence-corrected chi connectivity index (χ2v) is 5.48. The lowest BCUT2D eigenvalue weighted by atomic mass is 10.1. The van der Waals surface area contributed by atoms with Crippen molar-refractivity contribution in [3.63, 3.8) is 0 Å². The largest absolute Gasteiger partial charge is 0.376 e. The van der Waals surface area contributed by atoms with E-state index >= 15 is 0 Å². The molecule has 0 aromatic carbocycles. The number of aromatic nitrogens is 2. The first-order valence-electron chi connectivity index (χ1n) is 7.08. The Morgan fingerprint density at radius 2 is 2.10 bits per heavy atom. The Bertz CT molecular complexity index is 658. The van der Waals surface area contributed by atoms with Crippen LogP contribution in [-0.4, -0.2) is 21.8 Å². The van der Waals surface area contributed by atoms with E-state index in [1.54, 1.807) is 0 Å². The lowest BCUT2D eigenvalue weighted by Gasteiger charge is -2.23. The van der Waals surface area contributed by atoms with Crippen LogP contribution < -0.4 is 11.2 Å². The molecule has 1 aromatic rings. The highest BCUT2D eigenvalue weighted by Crippen LogP contribution is 2.33. The Labute approximate surface area is 116 Å². The molecule has 2 heterocycles. The summed E-state index contributed by atoms with van der Waals surface area (Å²) in [7, 11) is 0. The molecular weight excluding hydrogens is 258 g/mol. The van der Waals surface area contributed by atoms with Crippen LogP contribution in [0.25, 0.3) is 0 Å². The zero-order valence-electron chi connectivity index (χ0n) is 11.2. The third-order valence-electron chi connectivity index (χ3n) is 3.92. The molecule has 3 rings (SSSR count). The quantitative estimate of drug-likeness (QED) is 0.817. The van der Waals surface area contributed by atoms with Gasteiger partial charge in [0, 0.05) is 18.8 Å². The van der Waals surface area contributed by atoms with E-state index in [1.807, 2.05) is 6.07 Å². The van der Waals surface area contributed by atoms with E-state index in [2.05, 4.69) is 0 Å². The van der Waals surface area contributed by atoms with Gasteiger partial charge in [0.25, 0.3) is 5.56 Å². The highest BCUT2D eigenvalue weighted by Gasteiger charge is 2.27. The molecule has 1 atom stereocenters. The Morgan fingerprint density at radius 1 is 1.30 bits per heavy atom. The maximum absolute atomic E-state index is 12.4. The van der Waals surface area contributed by atoms with Crippen LogP contribution in [0.15, 0.2) is 15.8 Å². The first kappa shape index (κ1) is 13.1. The first-order valence-corrected chi connectivity index (χ1v) is 7.08. The zero-order chi connectivity index (χ0) is 14.1. The van der Waals surface area contributed by atoms with Gasteiger partial charge in [0.1, 0.15) is 11.6 Å². The Balaban J connectivity index is 1.99. The number of nitriles is 1. The molecule has 0 N–H and O–H groups in total. The summed E-state index contributed by atoms with van der Waals surface area (Å²) in [5, 5.41) is 9.06. The Morgan fingerprint density at radius 3 is 2.70 bits per heavy atom. The van der Waals surface area contributed by atoms with E-state index in [9.17, 15) is 9.59 Å². The summed E-state index contributed by atoms with van der Waals surface area (Å²) in [5.74, 6) is 0. The molecule has 20 heavy (non-hydrogen) atoms. The molecule has 0 radical (unpaired) electrons. The molecule has 1 saturated carbocycles. The SMILES string of the molecule is N#Cc1cn(C2CC2)c(=O)n(CC2CCCCO2)c1=O. The van der Waals surface area contributed by atoms with Gasteiger partial charge in [-0.25, -0.2) is 4.79 Å². The molecule has 1 aliphatic carbocycles. The minimum absolute atomic E-state index is 0.0345. The summed E-state index contributed by atoms with van der Waals surface area (Å²) in [6.07, 6.45) is 6.10. The van der Waals surface area contributed by atoms with Crippen LogP contribution in [-0.2, 0) is 11.3 Å². The van der Waals surface area contributed by atoms with Crippen LogP contribution in [0, 0.1) is 11.3 Å². The Kier molecular flexibility index (Phi) is 3.45. The number of nitrogens with zero attached hydrogens (tertiary/aromatic N) is 3. The van der Waals surface area contributed by atoms with E-state index < -0.39 is 5.56 Å². The summed E-state index contributed by atoms with van der Waals surface area (Å²) in [4.78, 5) is 24.5. The lowest BCUT2D eigenvalue weighted by Crippen LogP contribution is -2.44. The van der Waals surface area contributed by atoms with Gasteiger partial charge in [0.15, 0.2) is 0 Å². The van der Waals surface area contributed by atoms with Crippen molar-refractivity contribution in [1.82, 2.24) is 9.13 Å². The molecule has 2 aliphatic rings. The van der Waals surface area contributed by atoms with Crippen molar-refractivity contribution in [3.8, 4) is 6.07 Å². The smallest absolute Gasteiger partial charge is 0.331 e. The fourth-order valence-corrected chi connectivity index (χ4v) is 2.63. The first-order chi connectivity index (χ1) is 9.70. The summed E-state index contributed by atoms with van der Waals surface area (Å²) in [6.45, 7) is 0.925. The molecule has 106 valence electrons. The van der Waals surface area contributed by atoms with Crippen molar-refractivity contribution in [2.24, 2.45) is 0 Å². The van der Waals surface area contributed by atoms with Gasteiger partial charge >= 0.3 is 5.69 Å². The normalized spacial score (nSPS) is 22.4. The fourth-order valence-electron chi connectivity index (χ4n) is 2.63. The second kappa shape index (κ2) is 5.25. The van der Waals surface area contributed by atoms with Crippen molar-refractivity contribution >= 4 is 0 Å². The zero-order valence-corrected chi connectivity index (χ0v) is 11.2. The van der Waals surface area contributed by atoms with Gasteiger partial charge in [0.2, 0.25) is 0 Å². The van der Waals surface area contributed by atoms with Crippen LogP contribution in [0.2, 0.25) is 0 Å². The van der Waals surface area contributed by atoms with Crippen LogP contribution in [0.1, 0.15) is 43.7 Å². The predicted octanol–water partition coefficient (Wildman–Crippen LogP) is 0.786. The van der Waals surface area contributed by atoms with Gasteiger partial charge in [-0.15, -0.1) is 0 Å². The molecule has 2 fully saturated rings. The average molecular weight is 275 g/mol. The number of rotatable bonds is 3. The topological polar surface area (TPSA) is 77.0 Å². The number of hydrogen-bond donors (Lipinski definition) is 0. The predicted molar refractivity (Wildman–Crippen MR) is 71.5 cm³/mol. The molecule has 1 saturated heterocycles. The van der Waals surface area contributed by atoms with Crippen LogP contribution >= 0.6 is 0 Å². The molecule has 0 bridgehead atoms. The van der Waals surface area contributed by atoms with E-state index in [-0.39, 0.29) is 29.9 Å². The van der Waals surface area contributed by atoms with E-state index in [1.165, 1.54) is 15.3 Å². The van der Waals surface area contributed by atoms with Gasteiger partial charge in [-0.3, -0.25) is 13.9 Å². The number of hydrogen-bond acceptors (Lipinski definition) is 4. The summed E-state index contributed by atoms with van der Waals surface area (Å²) in [5.41, 5.74) is -0.776. The van der Waals surface area contributed by atoms with E-state index in [0.29, 0.717) is 6.61 Å². The highest BCUT2D eigenvalue weighted by molar-refractivity contribution is 5.23. The Hall–Kier alpha value is -1.87. The average Bonchev–Trinajstić information content (AvgIpc) is 3.29. The summed E-state index contributed by atoms with van der Waals surface area (Å²) < 4.78 is 8.29. The van der Waals surface area contributed by atoms with Gasteiger partial charge < -0.3 is 4.74 Å². The third kappa shape index (κ3) is 2.41. The standard InChI is InChI=1S/C14H17N3O3/c15-7-10-8-16(11-4-5-11)14(19)17(13(10)18)9-12-3-1-2-6-20-12/h8,11-12H,1-6,9H2. The molecule has 1 aliphatic heterocycles. The lowest BCUT2D eigenvalue weighted by molar-refractivity contribution is 0.00445. The van der Waals surface area contributed by atoms with Gasteiger partial charge in [-0.05, 0) is 32.1 Å². The minimum atomic E-state index is -0.497. The van der Waals surface area contributed by atoms with E-state index in [4.69, 9.17) is 10.00 Å². The van der Waals surface area contributed by atoms with Gasteiger partial charge in [0.05, 0.1) is 12.6 Å². The monoisotopic (exact) mass is 275 g/mol. The molecule has 1 aromatic heterocycles. The summed E-state index contributed by atoms with van der Waals surface area (Å²) in [6, 6.07) is 2.04. The van der Waals surface area contributed by atoms with Crippen molar-refractivity contribution in [3.05, 3.63) is 32.6 Å². The summed E-state index contributed by atoms with van der Waals surface area (Å²) >= 11 is 0. The maximum atomic E-state index is 12.4. The minimum Gasteiger partial charge on any atom is -0.376 e. The molecule has 1 unspecified atom stereocenters. The molecule has 0 amide bonds. The van der Waals surface area contributed by atoms with Crippen molar-refractivity contribution < 1.29 is 4.74 Å². The van der Waals surface area contributed by atoms with Gasteiger partial charge in [-0.1, -0.05) is 0 Å². The molecular formula is C14H17N3O3. The van der Waals surface area contributed by atoms with Crippen molar-refractivity contribution in [2.45, 2.75) is 50.8 Å². The van der Waals surface area contributed by atoms with Crippen LogP contribution in [0.4, 0.5) is 0 Å². The van der Waals surface area contributed by atoms with Gasteiger partial charge in [-0.2, -0.15) is 5.26 Å². The fraction of sp³-hybridized carbons (Fsp3) is 0.643.